The molecule has 106 valence electrons. The van der Waals surface area contributed by atoms with Gasteiger partial charge in [0.15, 0.2) is 10.8 Å². The normalized spacial score (nSPS) is 14.6. The van der Waals surface area contributed by atoms with Crippen LogP contribution in [0.4, 0.5) is 15.9 Å². The number of aryl methyl sites for hydroxylation is 1. The smallest absolute Gasteiger partial charge is 0.283 e. The summed E-state index contributed by atoms with van der Waals surface area (Å²) in [7, 11) is -2.29. The molecule has 8 heteroatoms. The first-order valence-electron chi connectivity index (χ1n) is 5.99. The Kier molecular flexibility index (Phi) is 2.72. The molecule has 1 aromatic heterocycles. The molecular formula is C12H13FN4O2S. The van der Waals surface area contributed by atoms with Crippen LogP contribution >= 0.6 is 0 Å². The zero-order valence-corrected chi connectivity index (χ0v) is 11.6. The van der Waals surface area contributed by atoms with Gasteiger partial charge in [0.1, 0.15) is 5.82 Å². The third-order valence-corrected chi connectivity index (χ3v) is 5.29. The van der Waals surface area contributed by atoms with E-state index in [0.717, 1.165) is 5.56 Å². The van der Waals surface area contributed by atoms with Crippen LogP contribution in [0.2, 0.25) is 0 Å². The van der Waals surface area contributed by atoms with Crippen molar-refractivity contribution in [2.24, 2.45) is 7.05 Å². The van der Waals surface area contributed by atoms with Crippen LogP contribution in [0.3, 0.4) is 0 Å². The van der Waals surface area contributed by atoms with Crippen molar-refractivity contribution in [1.82, 2.24) is 9.55 Å². The fraction of sp³-hybridized carbons (Fsp3) is 0.250. The topological polar surface area (TPSA) is 81.2 Å². The third kappa shape index (κ3) is 1.75. The van der Waals surface area contributed by atoms with Gasteiger partial charge in [0.25, 0.3) is 10.0 Å². The molecule has 1 aromatic carbocycles. The van der Waals surface area contributed by atoms with Gasteiger partial charge < -0.3 is 10.3 Å². The Labute approximate surface area is 115 Å². The van der Waals surface area contributed by atoms with Crippen LogP contribution in [0.25, 0.3) is 0 Å². The van der Waals surface area contributed by atoms with E-state index in [-0.39, 0.29) is 17.4 Å². The minimum atomic E-state index is -3.84. The summed E-state index contributed by atoms with van der Waals surface area (Å²) in [6, 6.07) is 4.16. The number of rotatable bonds is 2. The van der Waals surface area contributed by atoms with Gasteiger partial charge in [-0.05, 0) is 24.1 Å². The van der Waals surface area contributed by atoms with Crippen LogP contribution in [0.1, 0.15) is 5.56 Å². The van der Waals surface area contributed by atoms with Gasteiger partial charge in [0.2, 0.25) is 0 Å². The van der Waals surface area contributed by atoms with E-state index in [1.54, 1.807) is 13.1 Å². The molecule has 2 heterocycles. The Morgan fingerprint density at radius 2 is 2.15 bits per heavy atom. The van der Waals surface area contributed by atoms with Gasteiger partial charge in [-0.25, -0.2) is 9.37 Å². The monoisotopic (exact) mass is 296 g/mol. The van der Waals surface area contributed by atoms with Gasteiger partial charge >= 0.3 is 0 Å². The van der Waals surface area contributed by atoms with Gasteiger partial charge in [0, 0.05) is 13.6 Å². The van der Waals surface area contributed by atoms with E-state index in [2.05, 4.69) is 4.98 Å². The number of benzene rings is 1. The molecule has 0 bridgehead atoms. The number of fused-ring (bicyclic) bond motifs is 1. The highest BCUT2D eigenvalue weighted by Crippen LogP contribution is 2.34. The number of nitrogens with zero attached hydrogens (tertiary/aromatic N) is 3. The fourth-order valence-corrected chi connectivity index (χ4v) is 4.13. The number of nitrogen functional groups attached to an aromatic ring is 1. The minimum absolute atomic E-state index is 0.0580. The number of nitrogens with two attached hydrogens (primary N) is 1. The number of hydrogen-bond acceptors (Lipinski definition) is 4. The maximum absolute atomic E-state index is 13.4. The third-order valence-electron chi connectivity index (χ3n) is 3.34. The highest BCUT2D eigenvalue weighted by molar-refractivity contribution is 7.92. The first-order chi connectivity index (χ1) is 9.41. The first kappa shape index (κ1) is 12.9. The van der Waals surface area contributed by atoms with Crippen molar-refractivity contribution in [1.29, 1.82) is 0 Å². The number of sulfonamides is 1. The van der Waals surface area contributed by atoms with Gasteiger partial charge in [-0.1, -0.05) is 6.07 Å². The second-order valence-electron chi connectivity index (χ2n) is 4.65. The van der Waals surface area contributed by atoms with Crippen LogP contribution in [-0.4, -0.2) is 24.5 Å². The summed E-state index contributed by atoms with van der Waals surface area (Å²) in [5.41, 5.74) is 6.80. The summed E-state index contributed by atoms with van der Waals surface area (Å²) < 4.78 is 41.2. The predicted molar refractivity (Wildman–Crippen MR) is 72.3 cm³/mol. The average molecular weight is 296 g/mol. The zero-order chi connectivity index (χ0) is 14.5. The molecule has 0 fully saturated rings. The van der Waals surface area contributed by atoms with E-state index in [4.69, 9.17) is 5.73 Å². The molecule has 0 unspecified atom stereocenters. The molecule has 0 saturated carbocycles. The summed E-state index contributed by atoms with van der Waals surface area (Å²) in [4.78, 5) is 3.79. The lowest BCUT2D eigenvalue weighted by atomic mass is 10.2. The molecule has 0 spiro atoms. The van der Waals surface area contributed by atoms with Crippen LogP contribution in [-0.2, 0) is 23.5 Å². The standard InChI is InChI=1S/C12H13FN4O2S/c1-16-7-15-11(14)12(16)20(18,19)17-5-4-8-2-3-9(13)6-10(8)17/h2-3,6-7H,4-5,14H2,1H3. The van der Waals surface area contributed by atoms with E-state index in [0.29, 0.717) is 12.1 Å². The Bertz CT molecular complexity index is 765. The van der Waals surface area contributed by atoms with Crippen molar-refractivity contribution in [3.63, 3.8) is 0 Å². The Balaban J connectivity index is 2.14. The second kappa shape index (κ2) is 4.20. The van der Waals surface area contributed by atoms with Crippen molar-refractivity contribution in [2.75, 3.05) is 16.6 Å². The molecule has 2 N–H and O–H groups in total. The number of halogens is 1. The van der Waals surface area contributed by atoms with Crippen LogP contribution < -0.4 is 10.0 Å². The van der Waals surface area contributed by atoms with Crippen LogP contribution in [0.5, 0.6) is 0 Å². The SMILES string of the molecule is Cn1cnc(N)c1S(=O)(=O)N1CCc2ccc(F)cc21. The van der Waals surface area contributed by atoms with Gasteiger partial charge in [-0.3, -0.25) is 4.31 Å². The maximum atomic E-state index is 13.4. The van der Waals surface area contributed by atoms with Gasteiger partial charge in [-0.2, -0.15) is 8.42 Å². The number of imidazole rings is 1. The van der Waals surface area contributed by atoms with E-state index in [1.165, 1.54) is 27.3 Å². The van der Waals surface area contributed by atoms with Crippen molar-refractivity contribution >= 4 is 21.5 Å². The van der Waals surface area contributed by atoms with Gasteiger partial charge in [-0.15, -0.1) is 0 Å². The van der Waals surface area contributed by atoms with Crippen molar-refractivity contribution in [3.8, 4) is 0 Å². The quantitative estimate of drug-likeness (QED) is 0.892. The number of aromatic nitrogens is 2. The van der Waals surface area contributed by atoms with E-state index in [1.807, 2.05) is 0 Å². The minimum Gasteiger partial charge on any atom is -0.381 e. The van der Waals surface area contributed by atoms with Crippen LogP contribution in [0.15, 0.2) is 29.6 Å². The first-order valence-corrected chi connectivity index (χ1v) is 7.43. The summed E-state index contributed by atoms with van der Waals surface area (Å²) >= 11 is 0. The lowest BCUT2D eigenvalue weighted by Gasteiger charge is -2.19. The lowest BCUT2D eigenvalue weighted by Crippen LogP contribution is -2.31. The largest absolute Gasteiger partial charge is 0.381 e. The van der Waals surface area contributed by atoms with E-state index < -0.39 is 15.8 Å². The number of anilines is 2. The summed E-state index contributed by atoms with van der Waals surface area (Å²) in [6.07, 6.45) is 1.89. The number of hydrogen-bond donors (Lipinski definition) is 1. The fourth-order valence-electron chi connectivity index (χ4n) is 2.43. The molecule has 6 nitrogen and oxygen atoms in total. The van der Waals surface area contributed by atoms with Crippen molar-refractivity contribution in [2.45, 2.75) is 11.4 Å². The predicted octanol–water partition coefficient (Wildman–Crippen LogP) is 0.893. The highest BCUT2D eigenvalue weighted by Gasteiger charge is 2.34. The molecule has 0 atom stereocenters. The Morgan fingerprint density at radius 1 is 1.40 bits per heavy atom. The highest BCUT2D eigenvalue weighted by atomic mass is 32.2. The molecule has 0 radical (unpaired) electrons. The van der Waals surface area contributed by atoms with Crippen LogP contribution in [0, 0.1) is 5.82 Å². The molecule has 0 amide bonds. The summed E-state index contributed by atoms with van der Waals surface area (Å²) in [5, 5.41) is -0.0744. The Morgan fingerprint density at radius 3 is 2.80 bits per heavy atom. The summed E-state index contributed by atoms with van der Waals surface area (Å²) in [5.74, 6) is -0.527. The molecule has 0 saturated heterocycles. The second-order valence-corrected chi connectivity index (χ2v) is 6.42. The molecule has 20 heavy (non-hydrogen) atoms. The van der Waals surface area contributed by atoms with Crippen molar-refractivity contribution in [3.05, 3.63) is 35.9 Å². The molecule has 2 aromatic rings. The molecule has 1 aliphatic heterocycles. The van der Waals surface area contributed by atoms with E-state index in [9.17, 15) is 12.8 Å². The zero-order valence-electron chi connectivity index (χ0n) is 10.7. The molecular weight excluding hydrogens is 283 g/mol. The van der Waals surface area contributed by atoms with E-state index >= 15 is 0 Å². The average Bonchev–Trinajstić information content (AvgIpc) is 2.93. The Hall–Kier alpha value is -2.09. The maximum Gasteiger partial charge on any atom is 0.283 e. The van der Waals surface area contributed by atoms with Gasteiger partial charge in [0.05, 0.1) is 12.0 Å². The van der Waals surface area contributed by atoms with Crippen molar-refractivity contribution < 1.29 is 12.8 Å². The lowest BCUT2D eigenvalue weighted by molar-refractivity contribution is 0.582. The molecule has 3 rings (SSSR count). The summed E-state index contributed by atoms with van der Waals surface area (Å²) in [6.45, 7) is 0.270. The molecule has 1 aliphatic rings. The molecule has 0 aliphatic carbocycles.